The number of alkyl halides is 6. The van der Waals surface area contributed by atoms with Gasteiger partial charge in [-0.3, -0.25) is 9.88 Å². The van der Waals surface area contributed by atoms with Crippen molar-refractivity contribution in [2.75, 3.05) is 0 Å². The van der Waals surface area contributed by atoms with E-state index in [1.807, 2.05) is 6.92 Å². The lowest BCUT2D eigenvalue weighted by molar-refractivity contribution is -0.143. The highest BCUT2D eigenvalue weighted by molar-refractivity contribution is 6.33. The predicted octanol–water partition coefficient (Wildman–Crippen LogP) is 10.1. The van der Waals surface area contributed by atoms with Gasteiger partial charge in [-0.05, 0) is 85.0 Å². The molecule has 4 aromatic rings. The van der Waals surface area contributed by atoms with E-state index in [-0.39, 0.29) is 18.2 Å². The van der Waals surface area contributed by atoms with E-state index in [1.165, 1.54) is 17.9 Å². The molecule has 1 saturated heterocycles. The topological polar surface area (TPSA) is 79.7 Å². The van der Waals surface area contributed by atoms with Crippen LogP contribution in [0.5, 0.6) is 0 Å². The summed E-state index contributed by atoms with van der Waals surface area (Å²) in [5.74, 6) is -1.08. The van der Waals surface area contributed by atoms with Gasteiger partial charge in [-0.25, -0.2) is 9.59 Å². The van der Waals surface area contributed by atoms with Gasteiger partial charge in [-0.2, -0.15) is 26.3 Å². The molecule has 0 aliphatic carbocycles. The minimum Gasteiger partial charge on any atom is -0.478 e. The van der Waals surface area contributed by atoms with E-state index in [0.29, 0.717) is 62.8 Å². The molecule has 5 rings (SSSR count). The fourth-order valence-electron chi connectivity index (χ4n) is 5.85. The minimum absolute atomic E-state index is 0.0232. The number of cyclic esters (lactones) is 1. The maximum absolute atomic E-state index is 13.6. The van der Waals surface area contributed by atoms with Crippen LogP contribution in [0.4, 0.5) is 31.1 Å². The number of aromatic nitrogens is 1. The molecule has 3 aromatic carbocycles. The van der Waals surface area contributed by atoms with Crippen molar-refractivity contribution in [1.29, 1.82) is 0 Å². The Hall–Kier alpha value is -4.58. The third kappa shape index (κ3) is 6.99. The number of carbonyl (C=O) groups excluding carboxylic acids is 1. The number of aryl methyl sites for hydroxylation is 1. The van der Waals surface area contributed by atoms with Crippen LogP contribution >= 0.6 is 11.6 Å². The van der Waals surface area contributed by atoms with Gasteiger partial charge in [0.15, 0.2) is 0 Å². The van der Waals surface area contributed by atoms with Gasteiger partial charge >= 0.3 is 24.4 Å². The monoisotopic (exact) mass is 690 g/mol. The van der Waals surface area contributed by atoms with E-state index >= 15 is 0 Å². The molecule has 2 atom stereocenters. The van der Waals surface area contributed by atoms with E-state index in [2.05, 4.69) is 0 Å². The number of hydrogen-bond donors (Lipinski definition) is 1. The quantitative estimate of drug-likeness (QED) is 0.186. The number of pyridine rings is 1. The predicted molar refractivity (Wildman–Crippen MR) is 166 cm³/mol. The first-order chi connectivity index (χ1) is 22.5. The number of carboxylic acids is 1. The van der Waals surface area contributed by atoms with Gasteiger partial charge < -0.3 is 9.84 Å². The van der Waals surface area contributed by atoms with Crippen LogP contribution in [0.15, 0.2) is 66.7 Å². The zero-order valence-electron chi connectivity index (χ0n) is 25.8. The second-order valence-corrected chi connectivity index (χ2v) is 11.9. The maximum atomic E-state index is 13.6. The van der Waals surface area contributed by atoms with Crippen molar-refractivity contribution in [2.24, 2.45) is 0 Å². The van der Waals surface area contributed by atoms with Crippen molar-refractivity contribution in [2.45, 2.75) is 64.7 Å². The van der Waals surface area contributed by atoms with E-state index in [9.17, 15) is 41.0 Å². The summed E-state index contributed by atoms with van der Waals surface area (Å²) >= 11 is 6.68. The number of carbonyl (C=O) groups is 2. The number of amides is 1. The highest BCUT2D eigenvalue weighted by atomic mass is 35.5. The van der Waals surface area contributed by atoms with Crippen LogP contribution in [-0.2, 0) is 30.1 Å². The average molecular weight is 691 g/mol. The molecule has 1 aliphatic heterocycles. The lowest BCUT2D eigenvalue weighted by Crippen LogP contribution is -2.32. The van der Waals surface area contributed by atoms with Gasteiger partial charge in [-0.1, -0.05) is 49.2 Å². The normalized spacial score (nSPS) is 16.7. The van der Waals surface area contributed by atoms with E-state index in [4.69, 9.17) is 21.3 Å². The second-order valence-electron chi connectivity index (χ2n) is 11.5. The third-order valence-electron chi connectivity index (χ3n) is 8.32. The Balaban J connectivity index is 1.56. The zero-order chi connectivity index (χ0) is 35.1. The van der Waals surface area contributed by atoms with Gasteiger partial charge in [0.1, 0.15) is 6.10 Å². The van der Waals surface area contributed by atoms with Crippen molar-refractivity contribution in [3.8, 4) is 22.3 Å². The van der Waals surface area contributed by atoms with Crippen molar-refractivity contribution >= 4 is 23.7 Å². The summed E-state index contributed by atoms with van der Waals surface area (Å²) in [6, 6.07) is 13.8. The molecule has 0 bridgehead atoms. The number of ether oxygens (including phenoxy) is 1. The first-order valence-electron chi connectivity index (χ1n) is 14.9. The molecular formula is C35H29ClF6N2O4. The number of halogens is 7. The average Bonchev–Trinajstić information content (AvgIpc) is 3.29. The molecule has 1 amide bonds. The molecule has 0 saturated carbocycles. The highest BCUT2D eigenvalue weighted by Crippen LogP contribution is 2.42. The first-order valence-corrected chi connectivity index (χ1v) is 15.3. The first kappa shape index (κ1) is 34.7. The minimum atomic E-state index is -5.07. The number of hydrogen-bond acceptors (Lipinski definition) is 4. The summed E-state index contributed by atoms with van der Waals surface area (Å²) in [5.41, 5.74) is 0.642. The van der Waals surface area contributed by atoms with Crippen LogP contribution < -0.4 is 0 Å². The van der Waals surface area contributed by atoms with Crippen LogP contribution in [0.2, 0.25) is 5.02 Å². The standard InChI is InChI=1S/C35H29ClF6N2O4/c1-4-6-24-10-11-27(28-15-20(9-12-29(28)36)25-7-5-8-26(18(25)2)32(45)46)30(43-24)17-44-19(3)31(48-33(44)47)21-13-22(34(37,38)39)16-23(14-21)35(40,41)42/h5,7-16,19,31H,4,6,17H2,1-3H3,(H,45,46)/t19-,31-/m0/s1. The maximum Gasteiger partial charge on any atom is 0.416 e. The Bertz CT molecular complexity index is 1860. The highest BCUT2D eigenvalue weighted by Gasteiger charge is 2.43. The van der Waals surface area contributed by atoms with Gasteiger partial charge in [0.05, 0.1) is 35.0 Å². The molecule has 6 nitrogen and oxygen atoms in total. The van der Waals surface area contributed by atoms with Crippen LogP contribution in [-0.4, -0.2) is 33.1 Å². The van der Waals surface area contributed by atoms with Crippen molar-refractivity contribution in [3.63, 3.8) is 0 Å². The molecule has 252 valence electrons. The molecule has 13 heteroatoms. The number of aromatic carboxylic acids is 1. The Morgan fingerprint density at radius 1 is 0.938 bits per heavy atom. The van der Waals surface area contributed by atoms with E-state index < -0.39 is 53.3 Å². The number of rotatable bonds is 8. The van der Waals surface area contributed by atoms with Gasteiger partial charge in [0.2, 0.25) is 0 Å². The van der Waals surface area contributed by atoms with Crippen molar-refractivity contribution in [1.82, 2.24) is 9.88 Å². The van der Waals surface area contributed by atoms with Crippen molar-refractivity contribution < 1.29 is 45.8 Å². The van der Waals surface area contributed by atoms with Crippen molar-refractivity contribution in [3.05, 3.63) is 111 Å². The van der Waals surface area contributed by atoms with Gasteiger partial charge in [0, 0.05) is 21.8 Å². The SMILES string of the molecule is CCCc1ccc(-c2cc(-c3cccc(C(=O)O)c3C)ccc2Cl)c(CN2C(=O)O[C@H](c3cc(C(F)(F)F)cc(C(F)(F)F)c3)[C@@H]2C)n1. The largest absolute Gasteiger partial charge is 0.478 e. The number of nitrogens with zero attached hydrogens (tertiary/aromatic N) is 2. The second kappa shape index (κ2) is 13.1. The molecular weight excluding hydrogens is 662 g/mol. The lowest BCUT2D eigenvalue weighted by Gasteiger charge is -2.23. The van der Waals surface area contributed by atoms with E-state index in [1.54, 1.807) is 49.4 Å². The summed E-state index contributed by atoms with van der Waals surface area (Å²) in [5, 5.41) is 9.95. The molecule has 0 unspecified atom stereocenters. The summed E-state index contributed by atoms with van der Waals surface area (Å²) in [7, 11) is 0. The Morgan fingerprint density at radius 3 is 2.21 bits per heavy atom. The smallest absolute Gasteiger partial charge is 0.416 e. The molecule has 0 radical (unpaired) electrons. The summed E-state index contributed by atoms with van der Waals surface area (Å²) in [4.78, 5) is 30.9. The molecule has 0 spiro atoms. The Morgan fingerprint density at radius 2 is 1.60 bits per heavy atom. The number of benzene rings is 3. The molecule has 1 fully saturated rings. The van der Waals surface area contributed by atoms with Crippen LogP contribution in [0.25, 0.3) is 22.3 Å². The Labute approximate surface area is 276 Å². The van der Waals surface area contributed by atoms with E-state index in [0.717, 1.165) is 6.42 Å². The van der Waals surface area contributed by atoms with Gasteiger partial charge in [-0.15, -0.1) is 0 Å². The van der Waals surface area contributed by atoms with Crippen LogP contribution in [0.3, 0.4) is 0 Å². The molecule has 2 heterocycles. The van der Waals surface area contributed by atoms with Gasteiger partial charge in [0.25, 0.3) is 0 Å². The Kier molecular flexibility index (Phi) is 9.51. The molecule has 1 N–H and O–H groups in total. The molecule has 48 heavy (non-hydrogen) atoms. The fraction of sp³-hybridized carbons (Fsp3) is 0.286. The number of carboxylic acid groups (broad SMARTS) is 1. The van der Waals surface area contributed by atoms with Crippen LogP contribution in [0.1, 0.15) is 70.4 Å². The molecule has 1 aromatic heterocycles. The van der Waals surface area contributed by atoms with Crippen LogP contribution in [0, 0.1) is 6.92 Å². The summed E-state index contributed by atoms with van der Waals surface area (Å²) in [6.07, 6.45) is -11.2. The summed E-state index contributed by atoms with van der Waals surface area (Å²) in [6.45, 7) is 4.93. The lowest BCUT2D eigenvalue weighted by atomic mass is 9.93. The summed E-state index contributed by atoms with van der Waals surface area (Å²) < 4.78 is 86.9. The third-order valence-corrected chi connectivity index (χ3v) is 8.65. The fourth-order valence-corrected chi connectivity index (χ4v) is 6.07. The molecule has 1 aliphatic rings. The zero-order valence-corrected chi connectivity index (χ0v) is 26.6.